The fraction of sp³-hybridized carbons (Fsp3) is 0.579. The molecule has 0 spiro atoms. The number of anilines is 1. The molecule has 0 radical (unpaired) electrons. The summed E-state index contributed by atoms with van der Waals surface area (Å²) in [5, 5.41) is 5.64. The molecule has 2 rings (SSSR count). The van der Waals surface area contributed by atoms with Crippen LogP contribution in [0.25, 0.3) is 0 Å². The summed E-state index contributed by atoms with van der Waals surface area (Å²) < 4.78 is 0. The lowest BCUT2D eigenvalue weighted by Crippen LogP contribution is -3.15. The van der Waals surface area contributed by atoms with Crippen LogP contribution < -0.4 is 15.5 Å². The molecule has 5 heteroatoms. The van der Waals surface area contributed by atoms with Crippen molar-refractivity contribution < 1.29 is 14.5 Å². The normalized spacial score (nSPS) is 23.6. The third-order valence-electron chi connectivity index (χ3n) is 4.68. The zero-order valence-corrected chi connectivity index (χ0v) is 15.2. The molecule has 132 valence electrons. The molecule has 2 atom stereocenters. The van der Waals surface area contributed by atoms with Gasteiger partial charge < -0.3 is 15.5 Å². The van der Waals surface area contributed by atoms with E-state index in [1.165, 1.54) is 11.3 Å². The number of nitrogens with one attached hydrogen (secondary N) is 3. The van der Waals surface area contributed by atoms with Gasteiger partial charge in [-0.3, -0.25) is 9.59 Å². The number of rotatable bonds is 5. The summed E-state index contributed by atoms with van der Waals surface area (Å²) in [6.45, 7) is 10.9. The van der Waals surface area contributed by atoms with Gasteiger partial charge >= 0.3 is 0 Å². The molecule has 0 bridgehead atoms. The van der Waals surface area contributed by atoms with Gasteiger partial charge in [0.15, 0.2) is 6.54 Å². The smallest absolute Gasteiger partial charge is 0.275 e. The third-order valence-corrected chi connectivity index (χ3v) is 4.68. The number of para-hydroxylation sites is 1. The lowest BCUT2D eigenvalue weighted by atomic mass is 9.92. The molecule has 5 nitrogen and oxygen atoms in total. The summed E-state index contributed by atoms with van der Waals surface area (Å²) in [5.41, 5.74) is 2.88. The topological polar surface area (TPSA) is 62.6 Å². The van der Waals surface area contributed by atoms with Crippen LogP contribution in [-0.4, -0.2) is 38.0 Å². The average Bonchev–Trinajstić information content (AvgIpc) is 2.48. The Morgan fingerprint density at radius 2 is 1.67 bits per heavy atom. The van der Waals surface area contributed by atoms with Crippen molar-refractivity contribution in [2.75, 3.05) is 31.5 Å². The molecule has 0 unspecified atom stereocenters. The predicted molar refractivity (Wildman–Crippen MR) is 96.1 cm³/mol. The molecule has 0 saturated carbocycles. The molecule has 1 aromatic rings. The minimum absolute atomic E-state index is 0.0188. The van der Waals surface area contributed by atoms with Gasteiger partial charge in [0, 0.05) is 17.5 Å². The Labute approximate surface area is 144 Å². The fourth-order valence-electron chi connectivity index (χ4n) is 3.73. The van der Waals surface area contributed by atoms with Gasteiger partial charge in [-0.05, 0) is 31.4 Å². The number of carbonyl (C=O) groups excluding carboxylic acids is 2. The summed E-state index contributed by atoms with van der Waals surface area (Å²) in [7, 11) is 0. The van der Waals surface area contributed by atoms with Crippen molar-refractivity contribution in [3.05, 3.63) is 29.3 Å². The zero-order chi connectivity index (χ0) is 17.7. The number of hydrogen-bond donors (Lipinski definition) is 3. The Morgan fingerprint density at radius 1 is 1.08 bits per heavy atom. The number of quaternary nitrogens is 1. The molecular formula is C19H30N3O2+. The average molecular weight is 332 g/mol. The summed E-state index contributed by atoms with van der Waals surface area (Å²) in [5.74, 6) is 1.08. The maximum absolute atomic E-state index is 12.1. The van der Waals surface area contributed by atoms with E-state index in [1.807, 2.05) is 32.0 Å². The minimum Gasteiger partial charge on any atom is -0.342 e. The Balaban J connectivity index is 1.78. The van der Waals surface area contributed by atoms with Crippen LogP contribution in [-0.2, 0) is 9.59 Å². The highest BCUT2D eigenvalue weighted by atomic mass is 16.2. The van der Waals surface area contributed by atoms with Crippen LogP contribution >= 0.6 is 0 Å². The monoisotopic (exact) mass is 332 g/mol. The van der Waals surface area contributed by atoms with E-state index in [9.17, 15) is 9.59 Å². The highest BCUT2D eigenvalue weighted by Gasteiger charge is 2.26. The Kier molecular flexibility index (Phi) is 6.37. The summed E-state index contributed by atoms with van der Waals surface area (Å²) >= 11 is 0. The standard InChI is InChI=1S/C19H29N3O2/c1-13-8-14(2)11-22(10-13)12-18(24)20-9-17(23)21-19-15(3)6-5-7-16(19)4/h5-7,13-14H,8-12H2,1-4H3,(H,20,24)(H,21,23)/p+1/t13-,14-/m1/s1. The second kappa shape index (κ2) is 8.29. The molecule has 2 amide bonds. The van der Waals surface area contributed by atoms with Gasteiger partial charge in [0.25, 0.3) is 5.91 Å². The highest BCUT2D eigenvalue weighted by molar-refractivity contribution is 5.95. The summed E-state index contributed by atoms with van der Waals surface area (Å²) in [6.07, 6.45) is 1.24. The van der Waals surface area contributed by atoms with Crippen molar-refractivity contribution >= 4 is 17.5 Å². The van der Waals surface area contributed by atoms with E-state index in [0.717, 1.165) is 29.9 Å². The first-order valence-electron chi connectivity index (χ1n) is 8.81. The Bertz CT molecular complexity index is 570. The van der Waals surface area contributed by atoms with Gasteiger partial charge in [0.1, 0.15) is 0 Å². The molecule has 0 aliphatic carbocycles. The van der Waals surface area contributed by atoms with E-state index < -0.39 is 0 Å². The first-order chi connectivity index (χ1) is 11.3. The highest BCUT2D eigenvalue weighted by Crippen LogP contribution is 2.18. The molecular weight excluding hydrogens is 302 g/mol. The van der Waals surface area contributed by atoms with Gasteiger partial charge in [0.2, 0.25) is 5.91 Å². The second-order valence-electron chi connectivity index (χ2n) is 7.37. The molecule has 1 aliphatic heterocycles. The number of aryl methyl sites for hydroxylation is 2. The molecule has 1 aliphatic rings. The van der Waals surface area contributed by atoms with Crippen molar-refractivity contribution in [2.45, 2.75) is 34.1 Å². The fourth-order valence-corrected chi connectivity index (χ4v) is 3.73. The molecule has 1 aromatic carbocycles. The van der Waals surface area contributed by atoms with Crippen LogP contribution in [0.1, 0.15) is 31.4 Å². The van der Waals surface area contributed by atoms with Crippen molar-refractivity contribution in [3.63, 3.8) is 0 Å². The van der Waals surface area contributed by atoms with E-state index in [2.05, 4.69) is 24.5 Å². The lowest BCUT2D eigenvalue weighted by molar-refractivity contribution is -0.904. The van der Waals surface area contributed by atoms with Crippen molar-refractivity contribution in [1.29, 1.82) is 0 Å². The molecule has 0 aromatic heterocycles. The first kappa shape index (κ1) is 18.5. The molecule has 1 saturated heterocycles. The molecule has 24 heavy (non-hydrogen) atoms. The van der Waals surface area contributed by atoms with Crippen LogP contribution in [0.15, 0.2) is 18.2 Å². The maximum Gasteiger partial charge on any atom is 0.275 e. The van der Waals surface area contributed by atoms with Crippen LogP contribution in [0.5, 0.6) is 0 Å². The van der Waals surface area contributed by atoms with Crippen LogP contribution in [0.3, 0.4) is 0 Å². The van der Waals surface area contributed by atoms with Gasteiger partial charge in [0.05, 0.1) is 19.6 Å². The number of piperidine rings is 1. The molecule has 3 N–H and O–H groups in total. The van der Waals surface area contributed by atoms with Crippen LogP contribution in [0, 0.1) is 25.7 Å². The second-order valence-corrected chi connectivity index (χ2v) is 7.37. The van der Waals surface area contributed by atoms with Gasteiger partial charge in [-0.1, -0.05) is 32.0 Å². The van der Waals surface area contributed by atoms with Gasteiger partial charge in [-0.15, -0.1) is 0 Å². The van der Waals surface area contributed by atoms with E-state index >= 15 is 0 Å². The SMILES string of the molecule is Cc1cccc(C)c1NC(=O)CNC(=O)C[NH+]1C[C@H](C)C[C@@H](C)C1. The zero-order valence-electron chi connectivity index (χ0n) is 15.2. The number of benzene rings is 1. The number of carbonyl (C=O) groups is 2. The largest absolute Gasteiger partial charge is 0.342 e. The third kappa shape index (κ3) is 5.34. The van der Waals surface area contributed by atoms with Crippen molar-refractivity contribution in [2.24, 2.45) is 11.8 Å². The van der Waals surface area contributed by atoms with Crippen molar-refractivity contribution in [1.82, 2.24) is 5.32 Å². The summed E-state index contributed by atoms with van der Waals surface area (Å²) in [4.78, 5) is 25.5. The van der Waals surface area contributed by atoms with Crippen molar-refractivity contribution in [3.8, 4) is 0 Å². The maximum atomic E-state index is 12.1. The minimum atomic E-state index is -0.184. The number of amides is 2. The van der Waals surface area contributed by atoms with Crippen LogP contribution in [0.4, 0.5) is 5.69 Å². The summed E-state index contributed by atoms with van der Waals surface area (Å²) in [6, 6.07) is 5.89. The van der Waals surface area contributed by atoms with E-state index in [1.54, 1.807) is 0 Å². The Morgan fingerprint density at radius 3 is 2.25 bits per heavy atom. The molecule has 1 fully saturated rings. The Hall–Kier alpha value is -1.88. The van der Waals surface area contributed by atoms with Crippen LogP contribution in [0.2, 0.25) is 0 Å². The van der Waals surface area contributed by atoms with E-state index in [-0.39, 0.29) is 18.4 Å². The number of hydrogen-bond acceptors (Lipinski definition) is 2. The lowest BCUT2D eigenvalue weighted by Gasteiger charge is -2.31. The van der Waals surface area contributed by atoms with E-state index in [4.69, 9.17) is 0 Å². The van der Waals surface area contributed by atoms with E-state index in [0.29, 0.717) is 18.4 Å². The quantitative estimate of drug-likeness (QED) is 0.751. The van der Waals surface area contributed by atoms with Gasteiger partial charge in [-0.25, -0.2) is 0 Å². The first-order valence-corrected chi connectivity index (χ1v) is 8.81. The molecule has 1 heterocycles. The predicted octanol–water partition coefficient (Wildman–Crippen LogP) is 0.919. The van der Waals surface area contributed by atoms with Gasteiger partial charge in [-0.2, -0.15) is 0 Å². The number of likely N-dealkylation sites (tertiary alicyclic amines) is 1.